The molecule has 1 rings (SSSR count). The second-order valence-corrected chi connectivity index (χ2v) is 7.12. The normalized spacial score (nSPS) is 15.0. The summed E-state index contributed by atoms with van der Waals surface area (Å²) < 4.78 is 4.86. The van der Waals surface area contributed by atoms with E-state index in [0.29, 0.717) is 14.9 Å². The number of thioether (sulfide) groups is 1. The highest BCUT2D eigenvalue weighted by Gasteiger charge is 2.36. The molecule has 0 aliphatic rings. The average molecular weight is 366 g/mol. The maximum absolute atomic E-state index is 12.2. The lowest BCUT2D eigenvalue weighted by Gasteiger charge is -2.26. The molecule has 1 amide bonds. The van der Waals surface area contributed by atoms with Gasteiger partial charge < -0.3 is 15.2 Å². The van der Waals surface area contributed by atoms with Crippen molar-refractivity contribution >= 4 is 46.8 Å². The summed E-state index contributed by atoms with van der Waals surface area (Å²) in [6.45, 7) is 2.91. The Morgan fingerprint density at radius 3 is 2.64 bits per heavy atom. The third-order valence-electron chi connectivity index (χ3n) is 2.87. The molecule has 0 radical (unpaired) electrons. The molecule has 0 saturated carbocycles. The highest BCUT2D eigenvalue weighted by atomic mass is 35.5. The number of aliphatic carboxylic acids is 1. The number of carbonyl (C=O) groups is 2. The zero-order valence-electron chi connectivity index (χ0n) is 12.4. The van der Waals surface area contributed by atoms with Gasteiger partial charge in [-0.2, -0.15) is 0 Å². The van der Waals surface area contributed by atoms with E-state index in [2.05, 4.69) is 5.32 Å². The minimum absolute atomic E-state index is 0.136. The average Bonchev–Trinajstić information content (AvgIpc) is 2.42. The van der Waals surface area contributed by atoms with Crippen molar-refractivity contribution < 1.29 is 19.4 Å². The molecule has 0 aromatic heterocycles. The standard InChI is InChI=1S/C14H17Cl2NO4S/c1-8(22-11-6-9(15)4-5-10(11)16)12(18)17-14(2,7-21-3)13(19)20/h4-6,8H,7H2,1-3H3,(H,17,18)(H,19,20). The van der Waals surface area contributed by atoms with Crippen LogP contribution in [0.15, 0.2) is 23.1 Å². The van der Waals surface area contributed by atoms with E-state index < -0.39 is 22.7 Å². The Hall–Kier alpha value is -0.950. The van der Waals surface area contributed by atoms with Crippen molar-refractivity contribution in [1.29, 1.82) is 0 Å². The van der Waals surface area contributed by atoms with E-state index >= 15 is 0 Å². The van der Waals surface area contributed by atoms with Gasteiger partial charge in [-0.15, -0.1) is 11.8 Å². The second-order valence-electron chi connectivity index (χ2n) is 4.89. The molecule has 1 aromatic rings. The number of rotatable bonds is 7. The molecule has 0 fully saturated rings. The molecule has 8 heteroatoms. The fourth-order valence-electron chi connectivity index (χ4n) is 1.62. The minimum Gasteiger partial charge on any atom is -0.479 e. The topological polar surface area (TPSA) is 75.6 Å². The van der Waals surface area contributed by atoms with Gasteiger partial charge in [0.05, 0.1) is 16.9 Å². The highest BCUT2D eigenvalue weighted by molar-refractivity contribution is 8.00. The van der Waals surface area contributed by atoms with Crippen molar-refractivity contribution in [3.05, 3.63) is 28.2 Å². The Labute approximate surface area is 143 Å². The van der Waals surface area contributed by atoms with Crippen LogP contribution < -0.4 is 5.32 Å². The Balaban J connectivity index is 2.80. The van der Waals surface area contributed by atoms with Crippen LogP contribution >= 0.6 is 35.0 Å². The summed E-state index contributed by atoms with van der Waals surface area (Å²) in [7, 11) is 1.37. The molecule has 0 aliphatic heterocycles. The predicted octanol–water partition coefficient (Wildman–Crippen LogP) is 3.08. The summed E-state index contributed by atoms with van der Waals surface area (Å²) in [5, 5.41) is 12.1. The van der Waals surface area contributed by atoms with E-state index in [1.165, 1.54) is 25.8 Å². The molecular formula is C14H17Cl2NO4S. The smallest absolute Gasteiger partial charge is 0.331 e. The van der Waals surface area contributed by atoms with E-state index in [1.807, 2.05) is 0 Å². The molecule has 0 saturated heterocycles. The van der Waals surface area contributed by atoms with E-state index in [0.717, 1.165) is 0 Å². The third-order valence-corrected chi connectivity index (χ3v) is 4.71. The molecule has 0 spiro atoms. The van der Waals surface area contributed by atoms with Crippen LogP contribution in [0.3, 0.4) is 0 Å². The summed E-state index contributed by atoms with van der Waals surface area (Å²) in [6, 6.07) is 4.95. The number of nitrogens with one attached hydrogen (secondary N) is 1. The SMILES string of the molecule is COCC(C)(NC(=O)C(C)Sc1cc(Cl)ccc1Cl)C(=O)O. The van der Waals surface area contributed by atoms with Gasteiger partial charge >= 0.3 is 5.97 Å². The Morgan fingerprint density at radius 2 is 2.09 bits per heavy atom. The number of hydrogen-bond donors (Lipinski definition) is 2. The van der Waals surface area contributed by atoms with Gasteiger partial charge in [0.1, 0.15) is 0 Å². The van der Waals surface area contributed by atoms with Gasteiger partial charge in [-0.3, -0.25) is 4.79 Å². The minimum atomic E-state index is -1.49. The molecule has 2 atom stereocenters. The van der Waals surface area contributed by atoms with Crippen LogP contribution in [0.4, 0.5) is 0 Å². The lowest BCUT2D eigenvalue weighted by atomic mass is 10.0. The number of carbonyl (C=O) groups excluding carboxylic acids is 1. The van der Waals surface area contributed by atoms with Crippen LogP contribution in [0.2, 0.25) is 10.0 Å². The lowest BCUT2D eigenvalue weighted by molar-refractivity contribution is -0.149. The first-order chi connectivity index (χ1) is 10.2. The van der Waals surface area contributed by atoms with Gasteiger partial charge in [-0.1, -0.05) is 23.2 Å². The number of hydrogen-bond acceptors (Lipinski definition) is 4. The molecule has 0 aliphatic carbocycles. The first-order valence-corrected chi connectivity index (χ1v) is 7.99. The van der Waals surface area contributed by atoms with Gasteiger partial charge in [0.15, 0.2) is 5.54 Å². The third kappa shape index (κ3) is 5.05. The van der Waals surface area contributed by atoms with Crippen LogP contribution in [0.5, 0.6) is 0 Å². The van der Waals surface area contributed by atoms with Crippen molar-refractivity contribution in [2.45, 2.75) is 29.5 Å². The van der Waals surface area contributed by atoms with Gasteiger partial charge in [-0.25, -0.2) is 4.79 Å². The van der Waals surface area contributed by atoms with Crippen molar-refractivity contribution in [3.8, 4) is 0 Å². The first kappa shape index (κ1) is 19.1. The van der Waals surface area contributed by atoms with Gasteiger partial charge in [0.25, 0.3) is 0 Å². The number of carboxylic acid groups (broad SMARTS) is 1. The van der Waals surface area contributed by atoms with Crippen LogP contribution in [-0.4, -0.2) is 41.5 Å². The second kappa shape index (κ2) is 8.06. The van der Waals surface area contributed by atoms with Crippen LogP contribution in [0, 0.1) is 0 Å². The fourth-order valence-corrected chi connectivity index (χ4v) is 3.04. The van der Waals surface area contributed by atoms with Crippen molar-refractivity contribution in [3.63, 3.8) is 0 Å². The number of methoxy groups -OCH3 is 1. The van der Waals surface area contributed by atoms with E-state index in [9.17, 15) is 14.7 Å². The Kier molecular flexibility index (Phi) is 6.99. The summed E-state index contributed by atoms with van der Waals surface area (Å²) in [6.07, 6.45) is 0. The Bertz CT molecular complexity index is 570. The maximum Gasteiger partial charge on any atom is 0.331 e. The fraction of sp³-hybridized carbons (Fsp3) is 0.429. The molecule has 1 aromatic carbocycles. The largest absolute Gasteiger partial charge is 0.479 e. The van der Waals surface area contributed by atoms with E-state index in [4.69, 9.17) is 27.9 Å². The Morgan fingerprint density at radius 1 is 1.45 bits per heavy atom. The van der Waals surface area contributed by atoms with Crippen molar-refractivity contribution in [2.24, 2.45) is 0 Å². The predicted molar refractivity (Wildman–Crippen MR) is 87.8 cm³/mol. The van der Waals surface area contributed by atoms with E-state index in [1.54, 1.807) is 25.1 Å². The zero-order chi connectivity index (χ0) is 16.9. The van der Waals surface area contributed by atoms with Crippen molar-refractivity contribution in [2.75, 3.05) is 13.7 Å². The van der Waals surface area contributed by atoms with Gasteiger partial charge in [0.2, 0.25) is 5.91 Å². The molecule has 2 N–H and O–H groups in total. The quantitative estimate of drug-likeness (QED) is 0.726. The summed E-state index contributed by atoms with van der Waals surface area (Å²) in [5.74, 6) is -1.59. The number of halogens is 2. The first-order valence-electron chi connectivity index (χ1n) is 6.35. The summed E-state index contributed by atoms with van der Waals surface area (Å²) in [5.41, 5.74) is -1.49. The zero-order valence-corrected chi connectivity index (χ0v) is 14.7. The molecule has 2 unspecified atom stereocenters. The molecule has 0 heterocycles. The maximum atomic E-state index is 12.2. The molecule has 22 heavy (non-hydrogen) atoms. The molecule has 5 nitrogen and oxygen atoms in total. The lowest BCUT2D eigenvalue weighted by Crippen LogP contribution is -2.56. The summed E-state index contributed by atoms with van der Waals surface area (Å²) in [4.78, 5) is 24.2. The van der Waals surface area contributed by atoms with Crippen LogP contribution in [0.25, 0.3) is 0 Å². The van der Waals surface area contributed by atoms with Crippen LogP contribution in [-0.2, 0) is 14.3 Å². The van der Waals surface area contributed by atoms with E-state index in [-0.39, 0.29) is 6.61 Å². The van der Waals surface area contributed by atoms with Crippen molar-refractivity contribution in [1.82, 2.24) is 5.32 Å². The molecule has 122 valence electrons. The monoisotopic (exact) mass is 365 g/mol. The number of carboxylic acids is 1. The number of benzene rings is 1. The van der Waals surface area contributed by atoms with Crippen LogP contribution in [0.1, 0.15) is 13.8 Å². The number of amides is 1. The highest BCUT2D eigenvalue weighted by Crippen LogP contribution is 2.32. The molecule has 0 bridgehead atoms. The van der Waals surface area contributed by atoms with Gasteiger partial charge in [-0.05, 0) is 32.0 Å². The molecular weight excluding hydrogens is 349 g/mol. The van der Waals surface area contributed by atoms with Gasteiger partial charge in [0, 0.05) is 17.0 Å². The summed E-state index contributed by atoms with van der Waals surface area (Å²) >= 11 is 13.2. The number of ether oxygens (including phenoxy) is 1.